The number of nitrogens with two attached hydrogens (primary N) is 1. The van der Waals surface area contributed by atoms with E-state index >= 15 is 0 Å². The van der Waals surface area contributed by atoms with Gasteiger partial charge in [0.15, 0.2) is 5.78 Å². The zero-order valence-electron chi connectivity index (χ0n) is 18.1. The van der Waals surface area contributed by atoms with Crippen LogP contribution in [0.25, 0.3) is 0 Å². The average Bonchev–Trinajstić information content (AvgIpc) is 2.79. The van der Waals surface area contributed by atoms with Crippen LogP contribution in [0.5, 0.6) is 0 Å². The standard InChI is InChI=1S/C24H24F4N4O/c1-32-9-7-16-10-20(31-19-4-2-18(25)3-5-19)15(13-29)12-23(16,14-32)22(33)21-11-17(6-8-30-21)24(26,27)28/h2-6,8,11,13,16H,7,9-10,12,14,29H2,1H3/t16?,23-/m0/s1. The van der Waals surface area contributed by atoms with E-state index in [1.807, 2.05) is 11.9 Å². The van der Waals surface area contributed by atoms with Gasteiger partial charge in [0.25, 0.3) is 0 Å². The maximum Gasteiger partial charge on any atom is 0.416 e. The van der Waals surface area contributed by atoms with Crippen molar-refractivity contribution in [2.24, 2.45) is 22.1 Å². The second-order valence-corrected chi connectivity index (χ2v) is 8.74. The quantitative estimate of drug-likeness (QED) is 0.529. The van der Waals surface area contributed by atoms with Gasteiger partial charge in [0, 0.05) is 18.5 Å². The number of rotatable bonds is 3. The van der Waals surface area contributed by atoms with Crippen LogP contribution in [0, 0.1) is 17.2 Å². The molecule has 2 N–H and O–H groups in total. The zero-order valence-corrected chi connectivity index (χ0v) is 18.1. The first-order valence-electron chi connectivity index (χ1n) is 10.6. The molecule has 1 saturated carbocycles. The van der Waals surface area contributed by atoms with Crippen molar-refractivity contribution in [1.29, 1.82) is 0 Å². The van der Waals surface area contributed by atoms with Crippen molar-refractivity contribution >= 4 is 17.2 Å². The molecule has 174 valence electrons. The van der Waals surface area contributed by atoms with Crippen molar-refractivity contribution in [3.63, 3.8) is 0 Å². The molecule has 1 aromatic heterocycles. The molecule has 5 nitrogen and oxygen atoms in total. The van der Waals surface area contributed by atoms with Gasteiger partial charge in [-0.1, -0.05) is 0 Å². The Morgan fingerprint density at radius 1 is 1.27 bits per heavy atom. The Morgan fingerprint density at radius 2 is 2.00 bits per heavy atom. The van der Waals surface area contributed by atoms with Crippen LogP contribution in [0.4, 0.5) is 23.2 Å². The van der Waals surface area contributed by atoms with Crippen molar-refractivity contribution in [2.75, 3.05) is 20.1 Å². The summed E-state index contributed by atoms with van der Waals surface area (Å²) in [6.45, 7) is 1.14. The molecule has 1 saturated heterocycles. The lowest BCUT2D eigenvalue weighted by atomic mass is 9.58. The Hall–Kier alpha value is -3.07. The molecule has 0 bridgehead atoms. The van der Waals surface area contributed by atoms with Gasteiger partial charge in [-0.3, -0.25) is 14.8 Å². The van der Waals surface area contributed by atoms with Crippen LogP contribution in [0.15, 0.2) is 59.4 Å². The number of fused-ring (bicyclic) bond motifs is 1. The molecule has 2 aliphatic rings. The van der Waals surface area contributed by atoms with Crippen LogP contribution in [-0.4, -0.2) is 41.5 Å². The molecule has 33 heavy (non-hydrogen) atoms. The molecule has 2 heterocycles. The summed E-state index contributed by atoms with van der Waals surface area (Å²) in [4.78, 5) is 24.4. The van der Waals surface area contributed by atoms with Gasteiger partial charge in [0.1, 0.15) is 11.5 Å². The number of carbonyl (C=O) groups is 1. The summed E-state index contributed by atoms with van der Waals surface area (Å²) >= 11 is 0. The number of hydrogen-bond donors (Lipinski definition) is 1. The number of benzene rings is 1. The number of nitrogens with zero attached hydrogens (tertiary/aromatic N) is 3. The fraction of sp³-hybridized carbons (Fsp3) is 0.375. The second-order valence-electron chi connectivity index (χ2n) is 8.74. The highest BCUT2D eigenvalue weighted by molar-refractivity contribution is 6.07. The third-order valence-corrected chi connectivity index (χ3v) is 6.57. The van der Waals surface area contributed by atoms with Crippen molar-refractivity contribution in [1.82, 2.24) is 9.88 Å². The predicted octanol–water partition coefficient (Wildman–Crippen LogP) is 4.77. The van der Waals surface area contributed by atoms with E-state index in [0.717, 1.165) is 24.9 Å². The zero-order chi connectivity index (χ0) is 23.8. The maximum absolute atomic E-state index is 13.7. The molecule has 2 fully saturated rings. The molecule has 2 aromatic rings. The minimum Gasteiger partial charge on any atom is -0.404 e. The summed E-state index contributed by atoms with van der Waals surface area (Å²) in [5.74, 6) is -0.920. The molecule has 1 aromatic carbocycles. The minimum absolute atomic E-state index is 0.138. The molecule has 1 aliphatic heterocycles. The van der Waals surface area contributed by atoms with E-state index in [1.165, 1.54) is 18.3 Å². The fourth-order valence-corrected chi connectivity index (χ4v) is 4.91. The molecule has 4 rings (SSSR count). The highest BCUT2D eigenvalue weighted by atomic mass is 19.4. The second kappa shape index (κ2) is 8.70. The van der Waals surface area contributed by atoms with E-state index in [-0.39, 0.29) is 23.8 Å². The normalized spacial score (nSPS) is 26.4. The Balaban J connectivity index is 1.73. The molecule has 1 unspecified atom stereocenters. The number of piperidine rings is 1. The van der Waals surface area contributed by atoms with Crippen molar-refractivity contribution in [2.45, 2.75) is 25.4 Å². The van der Waals surface area contributed by atoms with Crippen LogP contribution in [0.2, 0.25) is 0 Å². The maximum atomic E-state index is 13.7. The van der Waals surface area contributed by atoms with Crippen LogP contribution >= 0.6 is 0 Å². The number of Topliss-reactive ketones (excluding diaryl/α,β-unsaturated/α-hetero) is 1. The molecule has 2 atom stereocenters. The first kappa shape index (κ1) is 23.1. The molecule has 1 aliphatic carbocycles. The molecule has 0 radical (unpaired) electrons. The van der Waals surface area contributed by atoms with Gasteiger partial charge in [-0.15, -0.1) is 0 Å². The van der Waals surface area contributed by atoms with Crippen molar-refractivity contribution < 1.29 is 22.4 Å². The van der Waals surface area contributed by atoms with E-state index in [4.69, 9.17) is 5.73 Å². The lowest BCUT2D eigenvalue weighted by molar-refractivity contribution is -0.137. The number of carbonyl (C=O) groups excluding carboxylic acids is 1. The van der Waals surface area contributed by atoms with Gasteiger partial charge in [-0.05, 0) is 86.9 Å². The Labute approximate surface area is 189 Å². The van der Waals surface area contributed by atoms with E-state index in [1.54, 1.807) is 12.1 Å². The minimum atomic E-state index is -4.57. The fourth-order valence-electron chi connectivity index (χ4n) is 4.91. The van der Waals surface area contributed by atoms with Gasteiger partial charge >= 0.3 is 6.18 Å². The van der Waals surface area contributed by atoms with Gasteiger partial charge in [-0.2, -0.15) is 13.2 Å². The van der Waals surface area contributed by atoms with Crippen LogP contribution < -0.4 is 5.73 Å². The van der Waals surface area contributed by atoms with E-state index in [9.17, 15) is 22.4 Å². The SMILES string of the molecule is CN1CCC2CC(=Nc3ccc(F)cc3)C(=CN)C[C@]2(C(=O)c2cc(C(F)(F)F)ccn2)C1. The average molecular weight is 460 g/mol. The molecular weight excluding hydrogens is 436 g/mol. The largest absolute Gasteiger partial charge is 0.416 e. The van der Waals surface area contributed by atoms with Crippen molar-refractivity contribution in [3.05, 3.63) is 71.4 Å². The van der Waals surface area contributed by atoms with E-state index in [0.29, 0.717) is 36.4 Å². The van der Waals surface area contributed by atoms with E-state index < -0.39 is 22.9 Å². The summed E-state index contributed by atoms with van der Waals surface area (Å²) in [5.41, 5.74) is 5.79. The summed E-state index contributed by atoms with van der Waals surface area (Å²) in [6.07, 6.45) is -0.766. The number of likely N-dealkylation sites (tertiary alicyclic amines) is 1. The lowest BCUT2D eigenvalue weighted by Gasteiger charge is -2.49. The summed E-state index contributed by atoms with van der Waals surface area (Å²) < 4.78 is 53.0. The number of hydrogen-bond acceptors (Lipinski definition) is 5. The van der Waals surface area contributed by atoms with Gasteiger partial charge in [-0.25, -0.2) is 4.39 Å². The number of pyridine rings is 1. The number of ketones is 1. The smallest absolute Gasteiger partial charge is 0.404 e. The van der Waals surface area contributed by atoms with Gasteiger partial charge < -0.3 is 10.6 Å². The molecule has 9 heteroatoms. The van der Waals surface area contributed by atoms with Crippen LogP contribution in [-0.2, 0) is 6.18 Å². The number of alkyl halides is 3. The highest BCUT2D eigenvalue weighted by Gasteiger charge is 2.52. The first-order valence-corrected chi connectivity index (χ1v) is 10.6. The summed E-state index contributed by atoms with van der Waals surface area (Å²) in [7, 11) is 1.89. The van der Waals surface area contributed by atoms with E-state index in [2.05, 4.69) is 9.98 Å². The number of aromatic nitrogens is 1. The number of halogens is 4. The summed E-state index contributed by atoms with van der Waals surface area (Å²) in [6, 6.07) is 7.44. The first-order chi connectivity index (χ1) is 15.6. The predicted molar refractivity (Wildman–Crippen MR) is 117 cm³/mol. The summed E-state index contributed by atoms with van der Waals surface area (Å²) in [5, 5.41) is 0. The van der Waals surface area contributed by atoms with Crippen LogP contribution in [0.1, 0.15) is 35.3 Å². The highest BCUT2D eigenvalue weighted by Crippen LogP contribution is 2.49. The number of aliphatic imine (C=N–C) groups is 1. The van der Waals surface area contributed by atoms with Gasteiger partial charge in [0.05, 0.1) is 16.7 Å². The van der Waals surface area contributed by atoms with Gasteiger partial charge in [0.2, 0.25) is 0 Å². The lowest BCUT2D eigenvalue weighted by Crippen LogP contribution is -2.55. The molecular formula is C24H24F4N4O. The molecule has 0 spiro atoms. The molecule has 0 amide bonds. The van der Waals surface area contributed by atoms with Crippen molar-refractivity contribution in [3.8, 4) is 0 Å². The monoisotopic (exact) mass is 460 g/mol. The third kappa shape index (κ3) is 4.55. The Kier molecular flexibility index (Phi) is 6.09. The Morgan fingerprint density at radius 3 is 2.67 bits per heavy atom. The third-order valence-electron chi connectivity index (χ3n) is 6.57. The Bertz CT molecular complexity index is 1110. The van der Waals surface area contributed by atoms with Crippen LogP contribution in [0.3, 0.4) is 0 Å². The number of allylic oxidation sites excluding steroid dienone is 1. The topological polar surface area (TPSA) is 71.6 Å².